The normalized spacial score (nSPS) is 12.1. The first-order valence-electron chi connectivity index (χ1n) is 6.97. The van der Waals surface area contributed by atoms with Crippen LogP contribution in [0.4, 0.5) is 0 Å². The van der Waals surface area contributed by atoms with Gasteiger partial charge in [-0.3, -0.25) is 4.79 Å². The minimum atomic E-state index is -0.164. The molecule has 0 fully saturated rings. The van der Waals surface area contributed by atoms with Crippen molar-refractivity contribution < 1.29 is 4.79 Å². The van der Waals surface area contributed by atoms with Gasteiger partial charge in [0.15, 0.2) is 0 Å². The summed E-state index contributed by atoms with van der Waals surface area (Å²) in [6.07, 6.45) is 0. The van der Waals surface area contributed by atoms with Gasteiger partial charge < -0.3 is 5.32 Å². The Morgan fingerprint density at radius 3 is 2.96 bits per heavy atom. The number of carbonyl (C=O) groups is 1. The maximum atomic E-state index is 12.2. The molecule has 23 heavy (non-hydrogen) atoms. The molecule has 2 heterocycles. The first-order chi connectivity index (χ1) is 11.1. The lowest BCUT2D eigenvalue weighted by Crippen LogP contribution is -2.31. The molecule has 3 aromatic rings. The second-order valence-corrected chi connectivity index (χ2v) is 6.60. The van der Waals surface area contributed by atoms with Crippen molar-refractivity contribution >= 4 is 33.2 Å². The molecule has 0 saturated carbocycles. The number of nitrogens with zero attached hydrogens (tertiary/aromatic N) is 4. The highest BCUT2D eigenvalue weighted by Gasteiger charge is 2.14. The topological polar surface area (TPSA) is 72.7 Å². The molecular weight excluding hydrogens is 378 g/mol. The van der Waals surface area contributed by atoms with Crippen molar-refractivity contribution in [2.75, 3.05) is 0 Å². The van der Waals surface area contributed by atoms with Crippen LogP contribution in [0, 0.1) is 0 Å². The number of thiophene rings is 1. The Labute approximate surface area is 145 Å². The maximum absolute atomic E-state index is 12.2. The number of halogens is 1. The Bertz CT molecular complexity index is 802. The summed E-state index contributed by atoms with van der Waals surface area (Å²) < 4.78 is 0.964. The van der Waals surface area contributed by atoms with Gasteiger partial charge in [0, 0.05) is 15.4 Å². The van der Waals surface area contributed by atoms with Crippen molar-refractivity contribution in [1.29, 1.82) is 0 Å². The third-order valence-corrected chi connectivity index (χ3v) is 4.67. The van der Waals surface area contributed by atoms with E-state index >= 15 is 0 Å². The Morgan fingerprint density at radius 1 is 1.39 bits per heavy atom. The van der Waals surface area contributed by atoms with Crippen molar-refractivity contribution in [3.05, 3.63) is 51.1 Å². The van der Waals surface area contributed by atoms with Gasteiger partial charge in [-0.25, -0.2) is 0 Å². The molecule has 1 atom stereocenters. The number of rotatable bonds is 5. The van der Waals surface area contributed by atoms with Crippen LogP contribution in [-0.4, -0.2) is 26.1 Å². The van der Waals surface area contributed by atoms with Crippen molar-refractivity contribution in [3.8, 4) is 11.4 Å². The van der Waals surface area contributed by atoms with Crippen LogP contribution in [0.2, 0.25) is 0 Å². The van der Waals surface area contributed by atoms with Gasteiger partial charge in [0.2, 0.25) is 11.7 Å². The lowest BCUT2D eigenvalue weighted by molar-refractivity contribution is -0.122. The fourth-order valence-electron chi connectivity index (χ4n) is 2.14. The van der Waals surface area contributed by atoms with Crippen molar-refractivity contribution in [1.82, 2.24) is 25.5 Å². The molecule has 0 spiro atoms. The van der Waals surface area contributed by atoms with Crippen LogP contribution < -0.4 is 5.32 Å². The van der Waals surface area contributed by atoms with E-state index in [1.807, 2.05) is 48.0 Å². The third kappa shape index (κ3) is 3.83. The van der Waals surface area contributed by atoms with E-state index in [-0.39, 0.29) is 18.5 Å². The number of carbonyl (C=O) groups excluding carboxylic acids is 1. The van der Waals surface area contributed by atoms with Crippen LogP contribution in [0.1, 0.15) is 18.5 Å². The summed E-state index contributed by atoms with van der Waals surface area (Å²) in [5, 5.41) is 18.9. The van der Waals surface area contributed by atoms with Gasteiger partial charge in [-0.2, -0.15) is 16.1 Å². The number of benzene rings is 1. The maximum Gasteiger partial charge on any atom is 0.244 e. The number of hydrogen-bond acceptors (Lipinski definition) is 5. The summed E-state index contributed by atoms with van der Waals surface area (Å²) in [4.78, 5) is 13.5. The molecule has 0 bridgehead atoms. The zero-order valence-corrected chi connectivity index (χ0v) is 14.7. The smallest absolute Gasteiger partial charge is 0.244 e. The SMILES string of the molecule is C[C@@H](NC(=O)Cn1nnc(-c2ccsc2)n1)c1ccccc1Br. The Hall–Kier alpha value is -2.06. The third-order valence-electron chi connectivity index (χ3n) is 3.27. The molecule has 118 valence electrons. The van der Waals surface area contributed by atoms with Crippen molar-refractivity contribution in [2.45, 2.75) is 19.5 Å². The summed E-state index contributed by atoms with van der Waals surface area (Å²) in [5.74, 6) is 0.362. The van der Waals surface area contributed by atoms with Crippen molar-refractivity contribution in [2.24, 2.45) is 0 Å². The number of aromatic nitrogens is 4. The first-order valence-corrected chi connectivity index (χ1v) is 8.71. The zero-order valence-electron chi connectivity index (χ0n) is 12.3. The number of nitrogens with one attached hydrogen (secondary N) is 1. The Kier molecular flexibility index (Phi) is 4.82. The van der Waals surface area contributed by atoms with Crippen LogP contribution in [0.5, 0.6) is 0 Å². The molecule has 1 amide bonds. The first kappa shape index (κ1) is 15.8. The predicted molar refractivity (Wildman–Crippen MR) is 91.8 cm³/mol. The molecule has 0 saturated heterocycles. The Balaban J connectivity index is 1.62. The zero-order chi connectivity index (χ0) is 16.2. The molecule has 1 aromatic carbocycles. The average molecular weight is 392 g/mol. The van der Waals surface area contributed by atoms with Crippen LogP contribution >= 0.6 is 27.3 Å². The molecule has 0 aliphatic heterocycles. The molecule has 0 aliphatic carbocycles. The summed E-state index contributed by atoms with van der Waals surface area (Å²) >= 11 is 5.05. The van der Waals surface area contributed by atoms with Gasteiger partial charge >= 0.3 is 0 Å². The lowest BCUT2D eigenvalue weighted by atomic mass is 10.1. The fourth-order valence-corrected chi connectivity index (χ4v) is 3.40. The van der Waals surface area contributed by atoms with Crippen LogP contribution in [0.15, 0.2) is 45.6 Å². The minimum Gasteiger partial charge on any atom is -0.348 e. The molecule has 8 heteroatoms. The monoisotopic (exact) mass is 391 g/mol. The average Bonchev–Trinajstić information content (AvgIpc) is 3.18. The quantitative estimate of drug-likeness (QED) is 0.725. The van der Waals surface area contributed by atoms with Crippen LogP contribution in [0.25, 0.3) is 11.4 Å². The second kappa shape index (κ2) is 7.01. The largest absolute Gasteiger partial charge is 0.348 e. The van der Waals surface area contributed by atoms with Crippen LogP contribution in [-0.2, 0) is 11.3 Å². The van der Waals surface area contributed by atoms with E-state index in [0.29, 0.717) is 5.82 Å². The second-order valence-electron chi connectivity index (χ2n) is 4.97. The minimum absolute atomic E-state index is 0.0337. The summed E-state index contributed by atoms with van der Waals surface area (Å²) in [5.41, 5.74) is 1.93. The molecule has 3 rings (SSSR count). The predicted octanol–water partition coefficient (Wildman–Crippen LogP) is 3.04. The lowest BCUT2D eigenvalue weighted by Gasteiger charge is -2.15. The molecule has 2 aromatic heterocycles. The van der Waals surface area contributed by atoms with E-state index in [2.05, 4.69) is 36.7 Å². The van der Waals surface area contributed by atoms with Gasteiger partial charge in [-0.05, 0) is 35.2 Å². The van der Waals surface area contributed by atoms with Crippen LogP contribution in [0.3, 0.4) is 0 Å². The number of tetrazole rings is 1. The highest BCUT2D eigenvalue weighted by molar-refractivity contribution is 9.10. The van der Waals surface area contributed by atoms with Gasteiger partial charge in [0.1, 0.15) is 6.54 Å². The highest BCUT2D eigenvalue weighted by Crippen LogP contribution is 2.22. The molecule has 0 unspecified atom stereocenters. The highest BCUT2D eigenvalue weighted by atomic mass is 79.9. The van der Waals surface area contributed by atoms with E-state index < -0.39 is 0 Å². The summed E-state index contributed by atoms with van der Waals surface area (Å²) in [7, 11) is 0. The standard InChI is InChI=1S/C15H14BrN5OS/c1-10(12-4-2-3-5-13(12)16)17-14(22)8-21-19-15(18-20-21)11-6-7-23-9-11/h2-7,9-10H,8H2,1H3,(H,17,22)/t10-/m1/s1. The van der Waals surface area contributed by atoms with Crippen molar-refractivity contribution in [3.63, 3.8) is 0 Å². The van der Waals surface area contributed by atoms with Gasteiger partial charge in [0.05, 0.1) is 6.04 Å². The van der Waals surface area contributed by atoms with E-state index in [4.69, 9.17) is 0 Å². The molecule has 1 N–H and O–H groups in total. The summed E-state index contributed by atoms with van der Waals surface area (Å²) in [6.45, 7) is 1.97. The number of amides is 1. The molecule has 0 radical (unpaired) electrons. The van der Waals surface area contributed by atoms with Gasteiger partial charge in [-0.15, -0.1) is 10.2 Å². The molecular formula is C15H14BrN5OS. The summed E-state index contributed by atoms with van der Waals surface area (Å²) in [6, 6.07) is 9.60. The molecule has 6 nitrogen and oxygen atoms in total. The number of hydrogen-bond donors (Lipinski definition) is 1. The van der Waals surface area contributed by atoms with Gasteiger partial charge in [-0.1, -0.05) is 34.1 Å². The van der Waals surface area contributed by atoms with E-state index in [1.165, 1.54) is 4.80 Å². The van der Waals surface area contributed by atoms with E-state index in [9.17, 15) is 4.79 Å². The van der Waals surface area contributed by atoms with Gasteiger partial charge in [0.25, 0.3) is 0 Å². The fraction of sp³-hybridized carbons (Fsp3) is 0.200. The molecule has 0 aliphatic rings. The van der Waals surface area contributed by atoms with E-state index in [1.54, 1.807) is 11.3 Å². The Morgan fingerprint density at radius 2 is 2.22 bits per heavy atom. The van der Waals surface area contributed by atoms with E-state index in [0.717, 1.165) is 15.6 Å².